The van der Waals surface area contributed by atoms with Crippen LogP contribution in [0.25, 0.3) is 0 Å². The first kappa shape index (κ1) is 21.1. The molecule has 1 aliphatic carbocycles. The van der Waals surface area contributed by atoms with Crippen LogP contribution in [0.3, 0.4) is 0 Å². The van der Waals surface area contributed by atoms with Crippen LogP contribution in [0.5, 0.6) is 0 Å². The van der Waals surface area contributed by atoms with Gasteiger partial charge in [-0.05, 0) is 40.2 Å². The summed E-state index contributed by atoms with van der Waals surface area (Å²) in [5, 5.41) is 15.8. The Balaban J connectivity index is 1.71. The maximum absolute atomic E-state index is 11.9. The Labute approximate surface area is 182 Å². The Morgan fingerprint density at radius 1 is 0.767 bits per heavy atom. The molecule has 1 saturated carbocycles. The van der Waals surface area contributed by atoms with Crippen molar-refractivity contribution in [2.24, 2.45) is 11.8 Å². The van der Waals surface area contributed by atoms with Gasteiger partial charge in [-0.25, -0.2) is 0 Å². The van der Waals surface area contributed by atoms with Crippen molar-refractivity contribution in [2.45, 2.75) is 51.2 Å². The van der Waals surface area contributed by atoms with E-state index < -0.39 is 8.07 Å². The molecule has 0 saturated heterocycles. The summed E-state index contributed by atoms with van der Waals surface area (Å²) in [6.07, 6.45) is 7.36. The summed E-state index contributed by atoms with van der Waals surface area (Å²) in [4.78, 5) is 0. The van der Waals surface area contributed by atoms with Crippen LogP contribution in [0.2, 0.25) is 0 Å². The monoisotopic (exact) mass is 414 g/mol. The van der Waals surface area contributed by atoms with Gasteiger partial charge in [0, 0.05) is 0 Å². The van der Waals surface area contributed by atoms with Crippen molar-refractivity contribution in [3.05, 3.63) is 91.0 Å². The zero-order chi connectivity index (χ0) is 20.8. The number of rotatable bonds is 8. The molecule has 0 aromatic heterocycles. The maximum atomic E-state index is 11.9. The summed E-state index contributed by atoms with van der Waals surface area (Å²) in [6, 6.07) is 32.3. The summed E-state index contributed by atoms with van der Waals surface area (Å²) < 4.78 is 0. The SMILES string of the molecule is C[C@H]1CC[C@H](CCCC(O)[Si](c2ccccc2)(c2ccccc2)c2ccccc2)C1. The molecule has 4 rings (SSSR count). The van der Waals surface area contributed by atoms with Crippen LogP contribution >= 0.6 is 0 Å². The van der Waals surface area contributed by atoms with Crippen LogP contribution in [0.4, 0.5) is 0 Å². The number of benzene rings is 3. The minimum absolute atomic E-state index is 0.344. The molecule has 1 unspecified atom stereocenters. The fourth-order valence-electron chi connectivity index (χ4n) is 5.58. The van der Waals surface area contributed by atoms with Crippen LogP contribution in [-0.2, 0) is 0 Å². The summed E-state index contributed by atoms with van der Waals surface area (Å²) in [5.74, 6) is 1.74. The van der Waals surface area contributed by atoms with Crippen LogP contribution in [0, 0.1) is 11.8 Å². The topological polar surface area (TPSA) is 20.2 Å². The fourth-order valence-corrected chi connectivity index (χ4v) is 10.5. The first-order chi connectivity index (χ1) is 14.7. The van der Waals surface area contributed by atoms with E-state index in [1.165, 1.54) is 41.2 Å². The molecule has 3 aromatic rings. The van der Waals surface area contributed by atoms with E-state index in [1.54, 1.807) is 0 Å². The largest absolute Gasteiger partial charge is 0.395 e. The average Bonchev–Trinajstić information content (AvgIpc) is 3.21. The van der Waals surface area contributed by atoms with E-state index >= 15 is 0 Å². The van der Waals surface area contributed by atoms with Crippen LogP contribution in [-0.4, -0.2) is 18.9 Å². The number of aliphatic hydroxyl groups excluding tert-OH is 1. The predicted molar refractivity (Wildman–Crippen MR) is 130 cm³/mol. The van der Waals surface area contributed by atoms with Crippen molar-refractivity contribution in [2.75, 3.05) is 0 Å². The molecule has 1 N–H and O–H groups in total. The van der Waals surface area contributed by atoms with Crippen molar-refractivity contribution in [3.63, 3.8) is 0 Å². The van der Waals surface area contributed by atoms with Gasteiger partial charge in [0.25, 0.3) is 0 Å². The Morgan fingerprint density at radius 2 is 1.23 bits per heavy atom. The first-order valence-corrected chi connectivity index (χ1v) is 13.6. The lowest BCUT2D eigenvalue weighted by atomic mass is 9.99. The van der Waals surface area contributed by atoms with E-state index in [2.05, 4.69) is 97.9 Å². The third kappa shape index (κ3) is 4.31. The van der Waals surface area contributed by atoms with Crippen LogP contribution < -0.4 is 15.6 Å². The molecular formula is C28H34OSi. The second-order valence-electron chi connectivity index (χ2n) is 9.14. The molecular weight excluding hydrogens is 380 g/mol. The maximum Gasteiger partial charge on any atom is 0.178 e. The zero-order valence-corrected chi connectivity index (χ0v) is 19.1. The average molecular weight is 415 g/mol. The molecule has 2 heteroatoms. The molecule has 0 heterocycles. The van der Waals surface area contributed by atoms with Gasteiger partial charge in [-0.15, -0.1) is 0 Å². The van der Waals surface area contributed by atoms with Gasteiger partial charge in [0.05, 0.1) is 5.73 Å². The molecule has 0 radical (unpaired) electrons. The van der Waals surface area contributed by atoms with E-state index in [0.29, 0.717) is 0 Å². The lowest BCUT2D eigenvalue weighted by molar-refractivity contribution is 0.228. The van der Waals surface area contributed by atoms with Gasteiger partial charge in [0.2, 0.25) is 0 Å². The summed E-state index contributed by atoms with van der Waals surface area (Å²) in [6.45, 7) is 2.38. The zero-order valence-electron chi connectivity index (χ0n) is 18.1. The van der Waals surface area contributed by atoms with Gasteiger partial charge in [0.15, 0.2) is 8.07 Å². The molecule has 1 fully saturated rings. The van der Waals surface area contributed by atoms with Crippen molar-refractivity contribution in [3.8, 4) is 0 Å². The molecule has 1 nitrogen and oxygen atoms in total. The third-order valence-corrected chi connectivity index (χ3v) is 12.1. The summed E-state index contributed by atoms with van der Waals surface area (Å²) >= 11 is 0. The first-order valence-electron chi connectivity index (χ1n) is 11.6. The van der Waals surface area contributed by atoms with E-state index in [-0.39, 0.29) is 5.73 Å². The van der Waals surface area contributed by atoms with Crippen LogP contribution in [0.15, 0.2) is 91.0 Å². The van der Waals surface area contributed by atoms with E-state index in [9.17, 15) is 5.11 Å². The summed E-state index contributed by atoms with van der Waals surface area (Å²) in [5.41, 5.74) is -0.344. The Kier molecular flexibility index (Phi) is 6.86. The van der Waals surface area contributed by atoms with E-state index in [4.69, 9.17) is 0 Å². The van der Waals surface area contributed by atoms with Crippen molar-refractivity contribution in [1.29, 1.82) is 0 Å². The van der Waals surface area contributed by atoms with Gasteiger partial charge >= 0.3 is 0 Å². The normalized spacial score (nSPS) is 20.2. The lowest BCUT2D eigenvalue weighted by Gasteiger charge is -2.38. The minimum Gasteiger partial charge on any atom is -0.395 e. The second kappa shape index (κ2) is 9.76. The number of hydrogen-bond donors (Lipinski definition) is 1. The quantitative estimate of drug-likeness (QED) is 0.420. The molecule has 3 aromatic carbocycles. The fraction of sp³-hybridized carbons (Fsp3) is 0.357. The number of aliphatic hydroxyl groups is 1. The smallest absolute Gasteiger partial charge is 0.178 e. The minimum atomic E-state index is -2.56. The Bertz CT molecular complexity index is 797. The highest BCUT2D eigenvalue weighted by molar-refractivity contribution is 7.12. The van der Waals surface area contributed by atoms with Gasteiger partial charge < -0.3 is 5.11 Å². The van der Waals surface area contributed by atoms with E-state index in [1.807, 2.05) is 0 Å². The molecule has 1 aliphatic rings. The summed E-state index contributed by atoms with van der Waals surface area (Å²) in [7, 11) is -2.56. The van der Waals surface area contributed by atoms with Crippen molar-refractivity contribution >= 4 is 23.6 Å². The molecule has 0 bridgehead atoms. The van der Waals surface area contributed by atoms with Gasteiger partial charge in [0.1, 0.15) is 0 Å². The van der Waals surface area contributed by atoms with Crippen molar-refractivity contribution < 1.29 is 5.11 Å². The molecule has 0 aliphatic heterocycles. The van der Waals surface area contributed by atoms with Gasteiger partial charge in [-0.1, -0.05) is 124 Å². The van der Waals surface area contributed by atoms with Crippen LogP contribution in [0.1, 0.15) is 45.4 Å². The molecule has 3 atom stereocenters. The molecule has 156 valence electrons. The third-order valence-electron chi connectivity index (χ3n) is 7.08. The van der Waals surface area contributed by atoms with Gasteiger partial charge in [-0.2, -0.15) is 0 Å². The lowest BCUT2D eigenvalue weighted by Crippen LogP contribution is -2.74. The second-order valence-corrected chi connectivity index (χ2v) is 13.2. The van der Waals surface area contributed by atoms with Crippen molar-refractivity contribution in [1.82, 2.24) is 0 Å². The standard InChI is InChI=1S/C28H34OSi/c1-23-20-21-24(22-23)12-11-19-28(29)30(25-13-5-2-6-14-25,26-15-7-3-8-16-26)27-17-9-4-10-18-27/h2-10,13-18,23-24,28-29H,11-12,19-22H2,1H3/t23-,24-,28?/m0/s1. The highest BCUT2D eigenvalue weighted by Crippen LogP contribution is 2.34. The Hall–Kier alpha value is -2.16. The highest BCUT2D eigenvalue weighted by Gasteiger charge is 2.45. The molecule has 0 amide bonds. The molecule has 30 heavy (non-hydrogen) atoms. The Morgan fingerprint density at radius 3 is 1.63 bits per heavy atom. The van der Waals surface area contributed by atoms with E-state index in [0.717, 1.165) is 24.7 Å². The molecule has 0 spiro atoms. The number of hydrogen-bond acceptors (Lipinski definition) is 1. The highest BCUT2D eigenvalue weighted by atomic mass is 28.3. The predicted octanol–water partition coefficient (Wildman–Crippen LogP) is 4.66. The van der Waals surface area contributed by atoms with Gasteiger partial charge in [-0.3, -0.25) is 0 Å².